The van der Waals surface area contributed by atoms with Crippen molar-refractivity contribution in [3.8, 4) is 0 Å². The van der Waals surface area contributed by atoms with Crippen LogP contribution in [0.15, 0.2) is 30.3 Å². The van der Waals surface area contributed by atoms with Crippen molar-refractivity contribution in [2.45, 2.75) is 51.4 Å². The van der Waals surface area contributed by atoms with Crippen LogP contribution >= 0.6 is 0 Å². The largest absolute Gasteiger partial charge is 0.390 e. The lowest BCUT2D eigenvalue weighted by Gasteiger charge is -2.27. The molecular formula is C16H22O3. The Morgan fingerprint density at radius 3 is 2.58 bits per heavy atom. The van der Waals surface area contributed by atoms with Crippen molar-refractivity contribution in [1.82, 2.24) is 0 Å². The molecule has 0 aliphatic carbocycles. The third-order valence-electron chi connectivity index (χ3n) is 3.90. The number of hydrogen-bond donors (Lipinski definition) is 1. The quantitative estimate of drug-likeness (QED) is 0.849. The van der Waals surface area contributed by atoms with Crippen LogP contribution in [0.2, 0.25) is 0 Å². The molecule has 0 saturated carbocycles. The first-order valence-electron chi connectivity index (χ1n) is 6.90. The van der Waals surface area contributed by atoms with E-state index in [1.54, 1.807) is 0 Å². The number of rotatable bonds is 4. The second-order valence-electron chi connectivity index (χ2n) is 5.86. The van der Waals surface area contributed by atoms with Crippen LogP contribution in [0.5, 0.6) is 0 Å². The molecule has 1 heterocycles. The molecule has 104 valence electrons. The fourth-order valence-corrected chi connectivity index (χ4v) is 2.60. The average molecular weight is 262 g/mol. The lowest BCUT2D eigenvalue weighted by Crippen LogP contribution is -2.39. The number of Topliss-reactive ketones (excluding diaryl/α,β-unsaturated/α-hetero) is 1. The summed E-state index contributed by atoms with van der Waals surface area (Å²) < 4.78 is 5.89. The zero-order valence-corrected chi connectivity index (χ0v) is 11.8. The summed E-state index contributed by atoms with van der Waals surface area (Å²) in [6.45, 7) is 5.75. The highest BCUT2D eigenvalue weighted by Gasteiger charge is 2.45. The van der Waals surface area contributed by atoms with E-state index in [4.69, 9.17) is 4.74 Å². The summed E-state index contributed by atoms with van der Waals surface area (Å²) >= 11 is 0. The van der Waals surface area contributed by atoms with E-state index in [2.05, 4.69) is 0 Å². The number of carbonyl (C=O) groups is 1. The van der Waals surface area contributed by atoms with E-state index in [9.17, 15) is 9.90 Å². The number of ether oxygens (including phenoxy) is 1. The van der Waals surface area contributed by atoms with Crippen LogP contribution in [0.3, 0.4) is 0 Å². The summed E-state index contributed by atoms with van der Waals surface area (Å²) in [7, 11) is 0. The number of aliphatic hydroxyl groups is 1. The van der Waals surface area contributed by atoms with Crippen LogP contribution in [0.25, 0.3) is 0 Å². The zero-order valence-electron chi connectivity index (χ0n) is 11.8. The minimum Gasteiger partial charge on any atom is -0.390 e. The SMILES string of the molecule is CC(C)[C@H](O)[C@H]1CC[C@@](C)(C(=O)c2ccccc2)O1. The van der Waals surface area contributed by atoms with Crippen molar-refractivity contribution in [3.05, 3.63) is 35.9 Å². The van der Waals surface area contributed by atoms with Gasteiger partial charge in [0.2, 0.25) is 0 Å². The lowest BCUT2D eigenvalue weighted by molar-refractivity contribution is -0.0761. The van der Waals surface area contributed by atoms with Gasteiger partial charge in [0.15, 0.2) is 5.78 Å². The zero-order chi connectivity index (χ0) is 14.0. The first-order valence-corrected chi connectivity index (χ1v) is 6.90. The maximum atomic E-state index is 12.5. The normalized spacial score (nSPS) is 28.6. The standard InChI is InChI=1S/C16H22O3/c1-11(2)14(17)13-9-10-16(3,19-13)15(18)12-7-5-4-6-8-12/h4-8,11,13-14,17H,9-10H2,1-3H3/t13-,14+,16+/m1/s1. The highest BCUT2D eigenvalue weighted by molar-refractivity contribution is 6.02. The van der Waals surface area contributed by atoms with Crippen molar-refractivity contribution < 1.29 is 14.6 Å². The summed E-state index contributed by atoms with van der Waals surface area (Å²) in [6, 6.07) is 9.21. The molecule has 0 unspecified atom stereocenters. The maximum absolute atomic E-state index is 12.5. The summed E-state index contributed by atoms with van der Waals surface area (Å²) in [6.07, 6.45) is 0.645. The van der Waals surface area contributed by atoms with Crippen molar-refractivity contribution in [1.29, 1.82) is 0 Å². The average Bonchev–Trinajstić information content (AvgIpc) is 2.81. The lowest BCUT2D eigenvalue weighted by atomic mass is 9.91. The predicted molar refractivity (Wildman–Crippen MR) is 74.1 cm³/mol. The summed E-state index contributed by atoms with van der Waals surface area (Å²) in [4.78, 5) is 12.5. The van der Waals surface area contributed by atoms with E-state index >= 15 is 0 Å². The molecule has 1 aliphatic rings. The van der Waals surface area contributed by atoms with Crippen molar-refractivity contribution in [2.24, 2.45) is 5.92 Å². The van der Waals surface area contributed by atoms with Gasteiger partial charge in [0, 0.05) is 5.56 Å². The Kier molecular flexibility index (Phi) is 4.07. The Balaban J connectivity index is 2.11. The van der Waals surface area contributed by atoms with E-state index in [0.29, 0.717) is 12.0 Å². The molecule has 1 aromatic rings. The Hall–Kier alpha value is -1.19. The number of ketones is 1. The predicted octanol–water partition coefficient (Wildman–Crippen LogP) is 2.82. The molecule has 1 aliphatic heterocycles. The van der Waals surface area contributed by atoms with Crippen molar-refractivity contribution >= 4 is 5.78 Å². The van der Waals surface area contributed by atoms with Crippen LogP contribution in [0.1, 0.15) is 44.0 Å². The molecule has 3 atom stereocenters. The molecule has 0 aromatic heterocycles. The Morgan fingerprint density at radius 2 is 2.00 bits per heavy atom. The molecule has 0 radical (unpaired) electrons. The molecule has 1 N–H and O–H groups in total. The van der Waals surface area contributed by atoms with Gasteiger partial charge in [-0.25, -0.2) is 0 Å². The van der Waals surface area contributed by atoms with Crippen LogP contribution in [0, 0.1) is 5.92 Å². The second-order valence-corrected chi connectivity index (χ2v) is 5.86. The highest BCUT2D eigenvalue weighted by Crippen LogP contribution is 2.35. The summed E-state index contributed by atoms with van der Waals surface area (Å²) in [5.41, 5.74) is -0.133. The third-order valence-corrected chi connectivity index (χ3v) is 3.90. The molecule has 0 amide bonds. The first-order chi connectivity index (χ1) is 8.94. The van der Waals surface area contributed by atoms with Gasteiger partial charge in [-0.05, 0) is 25.7 Å². The van der Waals surface area contributed by atoms with Crippen LogP contribution in [-0.2, 0) is 4.74 Å². The number of carbonyl (C=O) groups excluding carboxylic acids is 1. The van der Waals surface area contributed by atoms with Gasteiger partial charge in [0.1, 0.15) is 5.60 Å². The van der Waals surface area contributed by atoms with Gasteiger partial charge in [0.25, 0.3) is 0 Å². The van der Waals surface area contributed by atoms with Crippen LogP contribution < -0.4 is 0 Å². The summed E-state index contributed by atoms with van der Waals surface area (Å²) in [5, 5.41) is 10.1. The third kappa shape index (κ3) is 2.88. The van der Waals surface area contributed by atoms with Crippen molar-refractivity contribution in [2.75, 3.05) is 0 Å². The first kappa shape index (κ1) is 14.2. The molecule has 1 fully saturated rings. The van der Waals surface area contributed by atoms with Gasteiger partial charge >= 0.3 is 0 Å². The molecule has 3 heteroatoms. The fourth-order valence-electron chi connectivity index (χ4n) is 2.60. The van der Waals surface area contributed by atoms with E-state index in [-0.39, 0.29) is 17.8 Å². The van der Waals surface area contributed by atoms with Gasteiger partial charge in [0.05, 0.1) is 12.2 Å². The van der Waals surface area contributed by atoms with Gasteiger partial charge in [-0.2, -0.15) is 0 Å². The van der Waals surface area contributed by atoms with E-state index in [1.165, 1.54) is 0 Å². The molecule has 1 saturated heterocycles. The van der Waals surface area contributed by atoms with Gasteiger partial charge in [-0.15, -0.1) is 0 Å². The Morgan fingerprint density at radius 1 is 1.37 bits per heavy atom. The molecule has 0 bridgehead atoms. The highest BCUT2D eigenvalue weighted by atomic mass is 16.5. The van der Waals surface area contributed by atoms with Gasteiger partial charge in [-0.1, -0.05) is 44.2 Å². The smallest absolute Gasteiger partial charge is 0.194 e. The molecule has 2 rings (SSSR count). The second kappa shape index (κ2) is 5.43. The fraction of sp³-hybridized carbons (Fsp3) is 0.562. The van der Waals surface area contributed by atoms with E-state index in [1.807, 2.05) is 51.1 Å². The van der Waals surface area contributed by atoms with Crippen LogP contribution in [0.4, 0.5) is 0 Å². The van der Waals surface area contributed by atoms with E-state index < -0.39 is 11.7 Å². The number of benzene rings is 1. The summed E-state index contributed by atoms with van der Waals surface area (Å²) in [5.74, 6) is 0.144. The van der Waals surface area contributed by atoms with Gasteiger partial charge in [-0.3, -0.25) is 4.79 Å². The molecule has 3 nitrogen and oxygen atoms in total. The van der Waals surface area contributed by atoms with Gasteiger partial charge < -0.3 is 9.84 Å². The van der Waals surface area contributed by atoms with E-state index in [0.717, 1.165) is 6.42 Å². The minimum atomic E-state index is -0.804. The monoisotopic (exact) mass is 262 g/mol. The Labute approximate surface area is 114 Å². The topological polar surface area (TPSA) is 46.5 Å². The molecule has 0 spiro atoms. The number of aliphatic hydroxyl groups excluding tert-OH is 1. The van der Waals surface area contributed by atoms with Crippen molar-refractivity contribution in [3.63, 3.8) is 0 Å². The van der Waals surface area contributed by atoms with Crippen LogP contribution in [-0.4, -0.2) is 28.7 Å². The molecule has 19 heavy (non-hydrogen) atoms. The molecular weight excluding hydrogens is 240 g/mol. The Bertz CT molecular complexity index is 441. The minimum absolute atomic E-state index is 0.00607. The molecule has 1 aromatic carbocycles. The number of hydrogen-bond acceptors (Lipinski definition) is 3. The maximum Gasteiger partial charge on any atom is 0.194 e.